The van der Waals surface area contributed by atoms with Crippen molar-refractivity contribution in [3.8, 4) is 11.3 Å². The van der Waals surface area contributed by atoms with Crippen LogP contribution in [0.25, 0.3) is 27.9 Å². The van der Waals surface area contributed by atoms with Crippen LogP contribution in [0.5, 0.6) is 0 Å². The standard InChI is InChI=1S/C24H24ClN5O2/c1-13-9-19-20(10-14(13)2)30-21(12-27-23(30)22(29-19)26-7-8-31)15-3-6-17(18(25)11-15)24(32)28-16-4-5-16/h3,6,9-12,16,31H,4-5,7-8H2,1-2H3,(H,26,29)(H,28,32). The van der Waals surface area contributed by atoms with Crippen LogP contribution in [0.15, 0.2) is 36.5 Å². The van der Waals surface area contributed by atoms with Gasteiger partial charge in [-0.05, 0) is 62.1 Å². The molecule has 4 aromatic rings. The molecule has 1 fully saturated rings. The van der Waals surface area contributed by atoms with Gasteiger partial charge < -0.3 is 15.7 Å². The third kappa shape index (κ3) is 3.67. The number of carbonyl (C=O) groups is 1. The first-order valence-electron chi connectivity index (χ1n) is 10.7. The van der Waals surface area contributed by atoms with Crippen molar-refractivity contribution in [1.29, 1.82) is 0 Å². The fraction of sp³-hybridized carbons (Fsp3) is 0.292. The van der Waals surface area contributed by atoms with Gasteiger partial charge in [-0.15, -0.1) is 0 Å². The molecular weight excluding hydrogens is 426 g/mol. The molecule has 0 radical (unpaired) electrons. The van der Waals surface area contributed by atoms with Crippen LogP contribution >= 0.6 is 11.6 Å². The highest BCUT2D eigenvalue weighted by Crippen LogP contribution is 2.32. The van der Waals surface area contributed by atoms with E-state index in [4.69, 9.17) is 16.6 Å². The van der Waals surface area contributed by atoms with Crippen molar-refractivity contribution in [2.24, 2.45) is 0 Å². The second-order valence-corrected chi connectivity index (χ2v) is 8.69. The van der Waals surface area contributed by atoms with Gasteiger partial charge in [0.15, 0.2) is 11.5 Å². The Morgan fingerprint density at radius 3 is 2.72 bits per heavy atom. The molecule has 2 aromatic heterocycles. The first-order chi connectivity index (χ1) is 15.5. The summed E-state index contributed by atoms with van der Waals surface area (Å²) in [6, 6.07) is 9.89. The third-order valence-corrected chi connectivity index (χ3v) is 6.18. The van der Waals surface area contributed by atoms with Gasteiger partial charge in [0.1, 0.15) is 0 Å². The van der Waals surface area contributed by atoms with Gasteiger partial charge in [-0.1, -0.05) is 17.7 Å². The second kappa shape index (κ2) is 8.07. The van der Waals surface area contributed by atoms with E-state index in [0.717, 1.165) is 46.3 Å². The Balaban J connectivity index is 1.67. The summed E-state index contributed by atoms with van der Waals surface area (Å²) >= 11 is 6.52. The van der Waals surface area contributed by atoms with Crippen LogP contribution < -0.4 is 10.6 Å². The lowest BCUT2D eigenvalue weighted by molar-refractivity contribution is 0.0951. The van der Waals surface area contributed by atoms with Crippen LogP contribution in [-0.2, 0) is 0 Å². The van der Waals surface area contributed by atoms with E-state index in [1.807, 2.05) is 10.5 Å². The summed E-state index contributed by atoms with van der Waals surface area (Å²) in [6.07, 6.45) is 3.83. The Morgan fingerprint density at radius 1 is 1.22 bits per heavy atom. The van der Waals surface area contributed by atoms with E-state index in [9.17, 15) is 9.90 Å². The minimum atomic E-state index is -0.140. The normalized spacial score (nSPS) is 13.6. The molecule has 0 unspecified atom stereocenters. The number of carbonyl (C=O) groups excluding carboxylic acids is 1. The zero-order valence-corrected chi connectivity index (χ0v) is 18.7. The number of halogens is 1. The Kier molecular flexibility index (Phi) is 5.23. The summed E-state index contributed by atoms with van der Waals surface area (Å²) in [5.74, 6) is 0.464. The highest BCUT2D eigenvalue weighted by molar-refractivity contribution is 6.34. The summed E-state index contributed by atoms with van der Waals surface area (Å²) in [4.78, 5) is 21.8. The maximum absolute atomic E-state index is 12.5. The number of hydrogen-bond donors (Lipinski definition) is 3. The van der Waals surface area contributed by atoms with Crippen molar-refractivity contribution in [3.63, 3.8) is 0 Å². The van der Waals surface area contributed by atoms with E-state index in [0.29, 0.717) is 28.6 Å². The van der Waals surface area contributed by atoms with Crippen LogP contribution in [0.3, 0.4) is 0 Å². The molecule has 2 heterocycles. The largest absolute Gasteiger partial charge is 0.395 e. The molecule has 2 aromatic carbocycles. The summed E-state index contributed by atoms with van der Waals surface area (Å²) < 4.78 is 2.05. The number of aliphatic hydroxyl groups is 1. The Morgan fingerprint density at radius 2 is 2.00 bits per heavy atom. The number of aromatic nitrogens is 3. The number of benzene rings is 2. The van der Waals surface area contributed by atoms with Crippen LogP contribution in [-0.4, -0.2) is 44.6 Å². The molecule has 0 bridgehead atoms. The van der Waals surface area contributed by atoms with E-state index < -0.39 is 0 Å². The van der Waals surface area contributed by atoms with Gasteiger partial charge in [0.2, 0.25) is 0 Å². The zero-order valence-electron chi connectivity index (χ0n) is 17.9. The maximum Gasteiger partial charge on any atom is 0.253 e. The first-order valence-corrected chi connectivity index (χ1v) is 11.1. The van der Waals surface area contributed by atoms with E-state index in [1.165, 1.54) is 0 Å². The van der Waals surface area contributed by atoms with E-state index in [1.54, 1.807) is 18.3 Å². The number of amides is 1. The average Bonchev–Trinajstić information content (AvgIpc) is 3.47. The number of imidazole rings is 1. The Hall–Kier alpha value is -3.16. The minimum Gasteiger partial charge on any atom is -0.395 e. The summed E-state index contributed by atoms with van der Waals surface area (Å²) in [6.45, 7) is 4.49. The highest BCUT2D eigenvalue weighted by atomic mass is 35.5. The molecule has 1 amide bonds. The number of nitrogens with one attached hydrogen (secondary N) is 2. The number of aryl methyl sites for hydroxylation is 2. The first kappa shape index (κ1) is 20.7. The molecule has 1 saturated carbocycles. The van der Waals surface area contributed by atoms with Gasteiger partial charge in [0.05, 0.1) is 40.1 Å². The van der Waals surface area contributed by atoms with Crippen molar-refractivity contribution < 1.29 is 9.90 Å². The monoisotopic (exact) mass is 449 g/mol. The lowest BCUT2D eigenvalue weighted by atomic mass is 10.1. The number of fused-ring (bicyclic) bond motifs is 3. The van der Waals surface area contributed by atoms with Crippen molar-refractivity contribution in [3.05, 3.63) is 58.2 Å². The molecule has 3 N–H and O–H groups in total. The SMILES string of the molecule is Cc1cc2nc(NCCO)c3ncc(-c4ccc(C(=O)NC5CC5)c(Cl)c4)n3c2cc1C. The second-order valence-electron chi connectivity index (χ2n) is 8.28. The van der Waals surface area contributed by atoms with Gasteiger partial charge in [-0.2, -0.15) is 0 Å². The van der Waals surface area contributed by atoms with Crippen LogP contribution in [0.1, 0.15) is 34.3 Å². The van der Waals surface area contributed by atoms with Crippen LogP contribution in [0.4, 0.5) is 5.82 Å². The molecule has 0 aliphatic heterocycles. The van der Waals surface area contributed by atoms with Crippen molar-refractivity contribution in [1.82, 2.24) is 19.7 Å². The van der Waals surface area contributed by atoms with Crippen LogP contribution in [0, 0.1) is 13.8 Å². The number of anilines is 1. The average molecular weight is 450 g/mol. The minimum absolute atomic E-state index is 0.00758. The van der Waals surface area contributed by atoms with Gasteiger partial charge in [-0.3, -0.25) is 9.20 Å². The van der Waals surface area contributed by atoms with Gasteiger partial charge in [-0.25, -0.2) is 9.97 Å². The molecule has 7 nitrogen and oxygen atoms in total. The molecule has 8 heteroatoms. The topological polar surface area (TPSA) is 91.6 Å². The Labute approximate surface area is 190 Å². The number of aliphatic hydroxyl groups excluding tert-OH is 1. The number of nitrogens with zero attached hydrogens (tertiary/aromatic N) is 3. The lowest BCUT2D eigenvalue weighted by Gasteiger charge is -2.13. The Bertz CT molecular complexity index is 1360. The zero-order chi connectivity index (χ0) is 22.4. The van der Waals surface area contributed by atoms with Gasteiger partial charge in [0.25, 0.3) is 5.91 Å². The molecule has 32 heavy (non-hydrogen) atoms. The van der Waals surface area contributed by atoms with Gasteiger partial charge in [0, 0.05) is 18.2 Å². The molecule has 1 aliphatic carbocycles. The fourth-order valence-electron chi connectivity index (χ4n) is 3.83. The third-order valence-electron chi connectivity index (χ3n) is 5.86. The predicted molar refractivity (Wildman–Crippen MR) is 126 cm³/mol. The highest BCUT2D eigenvalue weighted by Gasteiger charge is 2.25. The summed E-state index contributed by atoms with van der Waals surface area (Å²) in [5, 5.41) is 15.8. The predicted octanol–water partition coefficient (Wildman–Crippen LogP) is 4.12. The van der Waals surface area contributed by atoms with Crippen LogP contribution in [0.2, 0.25) is 5.02 Å². The number of hydrogen-bond acceptors (Lipinski definition) is 5. The van der Waals surface area contributed by atoms with Crippen molar-refractivity contribution in [2.75, 3.05) is 18.5 Å². The molecule has 0 atom stereocenters. The summed E-state index contributed by atoms with van der Waals surface area (Å²) in [5.41, 5.74) is 6.89. The van der Waals surface area contributed by atoms with E-state index in [2.05, 4.69) is 41.6 Å². The maximum atomic E-state index is 12.5. The summed E-state index contributed by atoms with van der Waals surface area (Å²) in [7, 11) is 0. The molecule has 5 rings (SSSR count). The van der Waals surface area contributed by atoms with Crippen molar-refractivity contribution in [2.45, 2.75) is 32.7 Å². The lowest BCUT2D eigenvalue weighted by Crippen LogP contribution is -2.25. The molecule has 0 spiro atoms. The molecule has 0 saturated heterocycles. The molecular formula is C24H24ClN5O2. The van der Waals surface area contributed by atoms with Gasteiger partial charge >= 0.3 is 0 Å². The molecule has 164 valence electrons. The fourth-order valence-corrected chi connectivity index (χ4v) is 4.10. The van der Waals surface area contributed by atoms with Crippen molar-refractivity contribution >= 4 is 40.0 Å². The van der Waals surface area contributed by atoms with E-state index >= 15 is 0 Å². The number of rotatable bonds is 6. The van der Waals surface area contributed by atoms with E-state index in [-0.39, 0.29) is 18.6 Å². The quantitative estimate of drug-likeness (QED) is 0.412. The molecule has 1 aliphatic rings. The smallest absolute Gasteiger partial charge is 0.253 e.